The van der Waals surface area contributed by atoms with Crippen molar-refractivity contribution in [2.45, 2.75) is 18.6 Å². The van der Waals surface area contributed by atoms with Gasteiger partial charge in [-0.2, -0.15) is 0 Å². The first-order chi connectivity index (χ1) is 9.02. The minimum atomic E-state index is -1.32. The second kappa shape index (κ2) is 5.46. The van der Waals surface area contributed by atoms with Gasteiger partial charge in [0.2, 0.25) is 0 Å². The van der Waals surface area contributed by atoms with Crippen LogP contribution in [0.15, 0.2) is 24.3 Å². The molecule has 1 aromatic rings. The third-order valence-corrected chi connectivity index (χ3v) is 2.91. The van der Waals surface area contributed by atoms with Crippen molar-refractivity contribution in [1.82, 2.24) is 5.32 Å². The van der Waals surface area contributed by atoms with Gasteiger partial charge in [0.15, 0.2) is 6.10 Å². The molecule has 19 heavy (non-hydrogen) atoms. The van der Waals surface area contributed by atoms with Crippen molar-refractivity contribution < 1.29 is 19.7 Å². The Morgan fingerprint density at radius 2 is 2.32 bits per heavy atom. The third-order valence-electron chi connectivity index (χ3n) is 2.91. The molecule has 104 valence electrons. The Kier molecular flexibility index (Phi) is 3.92. The number of carbonyl (C=O) groups excluding carboxylic acids is 1. The maximum Gasteiger partial charge on any atom is 0.263 e. The summed E-state index contributed by atoms with van der Waals surface area (Å²) in [5.74, 6) is 0.304. The molecule has 1 aliphatic rings. The number of nitrogens with one attached hydrogen (secondary N) is 2. The van der Waals surface area contributed by atoms with Crippen LogP contribution < -0.4 is 15.4 Å². The molecule has 1 heterocycles. The van der Waals surface area contributed by atoms with Crippen molar-refractivity contribution >= 4 is 11.6 Å². The van der Waals surface area contributed by atoms with Gasteiger partial charge in [-0.25, -0.2) is 0 Å². The van der Waals surface area contributed by atoms with Crippen LogP contribution >= 0.6 is 0 Å². The number of hydrogen-bond donors (Lipinski definition) is 4. The molecule has 0 saturated heterocycles. The smallest absolute Gasteiger partial charge is 0.263 e. The highest BCUT2D eigenvalue weighted by atomic mass is 16.5. The van der Waals surface area contributed by atoms with Gasteiger partial charge in [0.25, 0.3) is 5.91 Å². The molecule has 6 nitrogen and oxygen atoms in total. The molecular weight excluding hydrogens is 248 g/mol. The first-order valence-electron chi connectivity index (χ1n) is 6.12. The average molecular weight is 266 g/mol. The topological polar surface area (TPSA) is 90.8 Å². The molecule has 2 rings (SSSR count). The number of fused-ring (bicyclic) bond motifs is 1. The van der Waals surface area contributed by atoms with E-state index in [1.165, 1.54) is 6.92 Å². The number of aliphatic hydroxyl groups is 2. The van der Waals surface area contributed by atoms with Gasteiger partial charge in [-0.3, -0.25) is 4.79 Å². The second-order valence-electron chi connectivity index (χ2n) is 4.86. The summed E-state index contributed by atoms with van der Waals surface area (Å²) in [5, 5.41) is 24.2. The van der Waals surface area contributed by atoms with Gasteiger partial charge in [0, 0.05) is 6.54 Å². The van der Waals surface area contributed by atoms with E-state index in [0.717, 1.165) is 5.69 Å². The van der Waals surface area contributed by atoms with Crippen molar-refractivity contribution in [3.05, 3.63) is 24.3 Å². The normalized spacial score (nSPS) is 20.5. The molecule has 0 bridgehead atoms. The van der Waals surface area contributed by atoms with Crippen LogP contribution in [-0.4, -0.2) is 47.5 Å². The number of carbonyl (C=O) groups is 1. The van der Waals surface area contributed by atoms with Crippen LogP contribution in [0, 0.1) is 0 Å². The van der Waals surface area contributed by atoms with Gasteiger partial charge >= 0.3 is 0 Å². The van der Waals surface area contributed by atoms with Gasteiger partial charge in [0.1, 0.15) is 11.4 Å². The number of para-hydroxylation sites is 2. The summed E-state index contributed by atoms with van der Waals surface area (Å²) < 4.78 is 5.57. The highest BCUT2D eigenvalue weighted by Crippen LogP contribution is 2.28. The maximum absolute atomic E-state index is 11.9. The molecule has 0 aliphatic carbocycles. The molecule has 4 N–H and O–H groups in total. The number of ether oxygens (including phenoxy) is 1. The number of benzene rings is 1. The number of hydrogen-bond acceptors (Lipinski definition) is 5. The van der Waals surface area contributed by atoms with E-state index in [1.54, 1.807) is 6.07 Å². The molecule has 1 amide bonds. The Morgan fingerprint density at radius 3 is 3.05 bits per heavy atom. The van der Waals surface area contributed by atoms with Crippen LogP contribution in [0.25, 0.3) is 0 Å². The Morgan fingerprint density at radius 1 is 1.58 bits per heavy atom. The molecule has 6 heteroatoms. The van der Waals surface area contributed by atoms with Crippen LogP contribution in [-0.2, 0) is 4.79 Å². The zero-order chi connectivity index (χ0) is 13.9. The second-order valence-corrected chi connectivity index (χ2v) is 4.86. The third kappa shape index (κ3) is 3.36. The van der Waals surface area contributed by atoms with Crippen molar-refractivity contribution in [2.24, 2.45) is 0 Å². The van der Waals surface area contributed by atoms with Crippen LogP contribution in [0.4, 0.5) is 5.69 Å². The molecule has 0 spiro atoms. The molecule has 1 aliphatic heterocycles. The van der Waals surface area contributed by atoms with E-state index in [9.17, 15) is 9.90 Å². The van der Waals surface area contributed by atoms with Crippen molar-refractivity contribution in [1.29, 1.82) is 0 Å². The van der Waals surface area contributed by atoms with E-state index >= 15 is 0 Å². The minimum absolute atomic E-state index is 0.0240. The lowest BCUT2D eigenvalue weighted by Gasteiger charge is -2.28. The van der Waals surface area contributed by atoms with Gasteiger partial charge in [-0.15, -0.1) is 0 Å². The molecule has 0 radical (unpaired) electrons. The molecular formula is C13H18N2O4. The van der Waals surface area contributed by atoms with E-state index in [4.69, 9.17) is 9.84 Å². The van der Waals surface area contributed by atoms with E-state index in [2.05, 4.69) is 10.6 Å². The predicted molar refractivity (Wildman–Crippen MR) is 70.1 cm³/mol. The average Bonchev–Trinajstić information content (AvgIpc) is 2.44. The first-order valence-corrected chi connectivity index (χ1v) is 6.12. The maximum atomic E-state index is 11.9. The summed E-state index contributed by atoms with van der Waals surface area (Å²) in [6.45, 7) is 1.37. The summed E-state index contributed by atoms with van der Waals surface area (Å²) in [4.78, 5) is 11.9. The Labute approximate surface area is 111 Å². The van der Waals surface area contributed by atoms with Crippen LogP contribution in [0.3, 0.4) is 0 Å². The highest BCUT2D eigenvalue weighted by Gasteiger charge is 2.27. The summed E-state index contributed by atoms with van der Waals surface area (Å²) in [6.07, 6.45) is -0.649. The lowest BCUT2D eigenvalue weighted by molar-refractivity contribution is -0.129. The lowest BCUT2D eigenvalue weighted by Crippen LogP contribution is -2.50. The molecule has 1 aromatic carbocycles. The highest BCUT2D eigenvalue weighted by molar-refractivity contribution is 5.83. The predicted octanol–water partition coefficient (Wildman–Crippen LogP) is -0.281. The van der Waals surface area contributed by atoms with E-state index in [0.29, 0.717) is 12.3 Å². The van der Waals surface area contributed by atoms with Gasteiger partial charge in [0.05, 0.1) is 18.8 Å². The zero-order valence-corrected chi connectivity index (χ0v) is 10.7. The summed E-state index contributed by atoms with van der Waals surface area (Å²) in [6, 6.07) is 7.37. The summed E-state index contributed by atoms with van der Waals surface area (Å²) in [5.41, 5.74) is -0.468. The number of anilines is 1. The van der Waals surface area contributed by atoms with Crippen molar-refractivity contribution in [3.8, 4) is 5.75 Å². The SMILES string of the molecule is CC(O)(CO)CNC(=O)C1CNc2ccccc2O1. The molecule has 0 aromatic heterocycles. The fraction of sp³-hybridized carbons (Fsp3) is 0.462. The standard InChI is InChI=1S/C13H18N2O4/c1-13(18,8-16)7-15-12(17)11-6-14-9-4-2-3-5-10(9)19-11/h2-5,11,14,16,18H,6-8H2,1H3,(H,15,17). The minimum Gasteiger partial charge on any atom is -0.477 e. The molecule has 2 atom stereocenters. The largest absolute Gasteiger partial charge is 0.477 e. The monoisotopic (exact) mass is 266 g/mol. The Bertz CT molecular complexity index is 462. The van der Waals surface area contributed by atoms with Crippen LogP contribution in [0.5, 0.6) is 5.75 Å². The van der Waals surface area contributed by atoms with Crippen molar-refractivity contribution in [2.75, 3.05) is 25.0 Å². The molecule has 2 unspecified atom stereocenters. The Balaban J connectivity index is 1.92. The van der Waals surface area contributed by atoms with Crippen LogP contribution in [0.2, 0.25) is 0 Å². The molecule has 0 saturated carbocycles. The Hall–Kier alpha value is -1.79. The number of rotatable bonds is 4. The quantitative estimate of drug-likeness (QED) is 0.602. The number of aliphatic hydroxyl groups excluding tert-OH is 1. The van der Waals surface area contributed by atoms with Gasteiger partial charge in [-0.05, 0) is 19.1 Å². The zero-order valence-electron chi connectivity index (χ0n) is 10.7. The van der Waals surface area contributed by atoms with Gasteiger partial charge in [-0.1, -0.05) is 12.1 Å². The van der Waals surface area contributed by atoms with E-state index in [-0.39, 0.29) is 12.5 Å². The van der Waals surface area contributed by atoms with Gasteiger partial charge < -0.3 is 25.6 Å². The first kappa shape index (κ1) is 13.6. The van der Waals surface area contributed by atoms with E-state index in [1.807, 2.05) is 18.2 Å². The van der Waals surface area contributed by atoms with Crippen molar-refractivity contribution in [3.63, 3.8) is 0 Å². The molecule has 0 fully saturated rings. The summed E-state index contributed by atoms with van der Waals surface area (Å²) in [7, 11) is 0. The summed E-state index contributed by atoms with van der Waals surface area (Å²) >= 11 is 0. The lowest BCUT2D eigenvalue weighted by atomic mass is 10.1. The fourth-order valence-corrected chi connectivity index (χ4v) is 1.71. The van der Waals surface area contributed by atoms with E-state index < -0.39 is 18.3 Å². The number of amides is 1. The fourth-order valence-electron chi connectivity index (χ4n) is 1.71. The van der Waals surface area contributed by atoms with Crippen LogP contribution in [0.1, 0.15) is 6.92 Å².